The van der Waals surface area contributed by atoms with Gasteiger partial charge in [-0.25, -0.2) is 0 Å². The molecule has 0 spiro atoms. The summed E-state index contributed by atoms with van der Waals surface area (Å²) in [7, 11) is 0. The molecule has 0 saturated carbocycles. The van der Waals surface area contributed by atoms with E-state index in [1.165, 1.54) is 295 Å². The molecule has 0 aliphatic carbocycles. The van der Waals surface area contributed by atoms with Crippen LogP contribution >= 0.6 is 0 Å². The minimum absolute atomic E-state index is 0.0657. The van der Waals surface area contributed by atoms with E-state index < -0.39 is 6.10 Å². The van der Waals surface area contributed by atoms with Gasteiger partial charge in [-0.3, -0.25) is 14.4 Å². The zero-order valence-corrected chi connectivity index (χ0v) is 51.8. The van der Waals surface area contributed by atoms with Gasteiger partial charge in [0.25, 0.3) is 0 Å². The van der Waals surface area contributed by atoms with Crippen molar-refractivity contribution in [2.75, 3.05) is 13.2 Å². The minimum Gasteiger partial charge on any atom is -0.462 e. The van der Waals surface area contributed by atoms with E-state index in [0.717, 1.165) is 64.2 Å². The van der Waals surface area contributed by atoms with Crippen molar-refractivity contribution in [1.29, 1.82) is 0 Å². The summed E-state index contributed by atoms with van der Waals surface area (Å²) in [6.07, 6.45) is 78.1. The molecule has 0 aromatic carbocycles. The van der Waals surface area contributed by atoms with Gasteiger partial charge in [0.15, 0.2) is 6.10 Å². The van der Waals surface area contributed by atoms with E-state index in [1.54, 1.807) is 0 Å². The second kappa shape index (κ2) is 65.7. The van der Waals surface area contributed by atoms with E-state index >= 15 is 0 Å². The zero-order chi connectivity index (χ0) is 55.0. The molecule has 0 radical (unpaired) electrons. The highest BCUT2D eigenvalue weighted by atomic mass is 16.6. The fraction of sp³-hybridized carbons (Fsp3) is 0.929. The summed E-state index contributed by atoms with van der Waals surface area (Å²) in [6, 6.07) is 0. The maximum atomic E-state index is 12.9. The number of unbranched alkanes of at least 4 members (excludes halogenated alkanes) is 52. The number of carbonyl (C=O) groups is 3. The second-order valence-electron chi connectivity index (χ2n) is 23.8. The Morgan fingerprint density at radius 2 is 0.434 bits per heavy atom. The summed E-state index contributed by atoms with van der Waals surface area (Å²) in [6.45, 7) is 6.72. The van der Waals surface area contributed by atoms with Gasteiger partial charge in [-0.15, -0.1) is 0 Å². The van der Waals surface area contributed by atoms with Gasteiger partial charge < -0.3 is 14.2 Å². The monoisotopic (exact) mass is 1070 g/mol. The van der Waals surface area contributed by atoms with Gasteiger partial charge in [0, 0.05) is 19.3 Å². The maximum absolute atomic E-state index is 12.9. The van der Waals surface area contributed by atoms with Crippen LogP contribution in [-0.4, -0.2) is 37.2 Å². The molecular weight excluding hydrogens is 937 g/mol. The van der Waals surface area contributed by atoms with Crippen LogP contribution in [0.15, 0.2) is 12.2 Å². The van der Waals surface area contributed by atoms with Crippen LogP contribution in [0.1, 0.15) is 400 Å². The van der Waals surface area contributed by atoms with Crippen LogP contribution in [0.3, 0.4) is 0 Å². The first-order chi connectivity index (χ1) is 37.5. The second-order valence-corrected chi connectivity index (χ2v) is 23.8. The Kier molecular flexibility index (Phi) is 64.1. The van der Waals surface area contributed by atoms with E-state index in [9.17, 15) is 14.4 Å². The molecule has 0 aliphatic heterocycles. The maximum Gasteiger partial charge on any atom is 0.306 e. The highest BCUT2D eigenvalue weighted by molar-refractivity contribution is 5.71. The highest BCUT2D eigenvalue weighted by Gasteiger charge is 2.19. The molecule has 0 aromatic rings. The molecule has 6 heteroatoms. The lowest BCUT2D eigenvalue weighted by Crippen LogP contribution is -2.30. The van der Waals surface area contributed by atoms with Crippen molar-refractivity contribution in [1.82, 2.24) is 0 Å². The first-order valence-electron chi connectivity index (χ1n) is 34.7. The summed E-state index contributed by atoms with van der Waals surface area (Å²) < 4.78 is 17.0. The Morgan fingerprint density at radius 3 is 0.658 bits per heavy atom. The molecule has 0 rings (SSSR count). The number of ether oxygens (including phenoxy) is 3. The van der Waals surface area contributed by atoms with E-state index in [-0.39, 0.29) is 31.1 Å². The van der Waals surface area contributed by atoms with Crippen molar-refractivity contribution in [2.45, 2.75) is 406 Å². The fourth-order valence-electron chi connectivity index (χ4n) is 10.8. The average molecular weight is 1070 g/mol. The molecule has 450 valence electrons. The predicted molar refractivity (Wildman–Crippen MR) is 330 cm³/mol. The van der Waals surface area contributed by atoms with Crippen LogP contribution in [0.4, 0.5) is 0 Å². The molecular formula is C70H134O6. The van der Waals surface area contributed by atoms with Crippen LogP contribution in [0.5, 0.6) is 0 Å². The zero-order valence-electron chi connectivity index (χ0n) is 51.8. The van der Waals surface area contributed by atoms with Crippen molar-refractivity contribution in [3.63, 3.8) is 0 Å². The molecule has 6 nitrogen and oxygen atoms in total. The van der Waals surface area contributed by atoms with Crippen molar-refractivity contribution in [2.24, 2.45) is 0 Å². The first-order valence-corrected chi connectivity index (χ1v) is 34.7. The third-order valence-corrected chi connectivity index (χ3v) is 16.0. The minimum atomic E-state index is -0.769. The van der Waals surface area contributed by atoms with Crippen molar-refractivity contribution >= 4 is 17.9 Å². The summed E-state index contributed by atoms with van der Waals surface area (Å²) in [5, 5.41) is 0. The number of hydrogen-bond donors (Lipinski definition) is 0. The Hall–Kier alpha value is -1.85. The highest BCUT2D eigenvalue weighted by Crippen LogP contribution is 2.19. The van der Waals surface area contributed by atoms with Crippen LogP contribution in [0, 0.1) is 0 Å². The van der Waals surface area contributed by atoms with E-state index in [0.29, 0.717) is 19.3 Å². The fourth-order valence-corrected chi connectivity index (χ4v) is 10.8. The number of allylic oxidation sites excluding steroid dienone is 2. The standard InChI is InChI=1S/C70H134O6/c1-4-7-10-13-16-19-22-25-28-30-31-32-33-34-35-36-37-38-40-42-45-48-51-54-57-60-63-69(72)75-66-67(65-74-68(71)62-59-56-53-50-47-44-41-27-24-21-18-15-12-9-6-3)76-70(73)64-61-58-55-52-49-46-43-39-29-26-23-20-17-14-11-8-5-2/h27,41,67H,4-26,28-40,42-66H2,1-3H3/b41-27-. The number of esters is 3. The van der Waals surface area contributed by atoms with Gasteiger partial charge in [0.1, 0.15) is 13.2 Å². The largest absolute Gasteiger partial charge is 0.462 e. The molecule has 0 fully saturated rings. The molecule has 0 bridgehead atoms. The predicted octanol–water partition coefficient (Wildman–Crippen LogP) is 23.6. The van der Waals surface area contributed by atoms with Crippen molar-refractivity contribution in [3.05, 3.63) is 12.2 Å². The van der Waals surface area contributed by atoms with E-state index in [2.05, 4.69) is 32.9 Å². The van der Waals surface area contributed by atoms with Gasteiger partial charge in [-0.1, -0.05) is 348 Å². The lowest BCUT2D eigenvalue weighted by atomic mass is 10.0. The third kappa shape index (κ3) is 63.0. The Bertz CT molecular complexity index is 1180. The average Bonchev–Trinajstić information content (AvgIpc) is 3.42. The summed E-state index contributed by atoms with van der Waals surface area (Å²) in [4.78, 5) is 38.4. The van der Waals surface area contributed by atoms with Gasteiger partial charge in [-0.2, -0.15) is 0 Å². The van der Waals surface area contributed by atoms with Crippen LogP contribution in [0.2, 0.25) is 0 Å². The first kappa shape index (κ1) is 74.2. The topological polar surface area (TPSA) is 78.9 Å². The van der Waals surface area contributed by atoms with Crippen molar-refractivity contribution < 1.29 is 28.6 Å². The lowest BCUT2D eigenvalue weighted by Gasteiger charge is -2.18. The summed E-state index contributed by atoms with van der Waals surface area (Å²) >= 11 is 0. The van der Waals surface area contributed by atoms with Gasteiger partial charge >= 0.3 is 17.9 Å². The van der Waals surface area contributed by atoms with Crippen molar-refractivity contribution in [3.8, 4) is 0 Å². The smallest absolute Gasteiger partial charge is 0.306 e. The SMILES string of the molecule is CCCCCCCC/C=C\CCCCCCCC(=O)OCC(COC(=O)CCCCCCCCCCCCCCCCCCCCCCCCCCCC)OC(=O)CCCCCCCCCCCCCCCCCCC. The lowest BCUT2D eigenvalue weighted by molar-refractivity contribution is -0.167. The number of hydrogen-bond acceptors (Lipinski definition) is 6. The van der Waals surface area contributed by atoms with E-state index in [4.69, 9.17) is 14.2 Å². The Balaban J connectivity index is 4.21. The quantitative estimate of drug-likeness (QED) is 0.0261. The Labute approximate surface area is 475 Å². The van der Waals surface area contributed by atoms with E-state index in [1.807, 2.05) is 0 Å². The molecule has 0 aromatic heterocycles. The Morgan fingerprint density at radius 1 is 0.250 bits per heavy atom. The number of carbonyl (C=O) groups excluding carboxylic acids is 3. The molecule has 1 unspecified atom stereocenters. The third-order valence-electron chi connectivity index (χ3n) is 16.0. The molecule has 76 heavy (non-hydrogen) atoms. The van der Waals surface area contributed by atoms with Gasteiger partial charge in [0.2, 0.25) is 0 Å². The summed E-state index contributed by atoms with van der Waals surface area (Å²) in [5.41, 5.74) is 0. The van der Waals surface area contributed by atoms with Crippen LogP contribution < -0.4 is 0 Å². The van der Waals surface area contributed by atoms with Gasteiger partial charge in [0.05, 0.1) is 0 Å². The summed E-state index contributed by atoms with van der Waals surface area (Å²) in [5.74, 6) is -0.840. The molecule has 1 atom stereocenters. The van der Waals surface area contributed by atoms with Crippen LogP contribution in [0.25, 0.3) is 0 Å². The molecule has 0 N–H and O–H groups in total. The van der Waals surface area contributed by atoms with Gasteiger partial charge in [-0.05, 0) is 44.9 Å². The van der Waals surface area contributed by atoms with Crippen LogP contribution in [-0.2, 0) is 28.6 Å². The number of rotatable bonds is 65. The normalized spacial score (nSPS) is 12.0. The molecule has 0 amide bonds. The molecule has 0 heterocycles. The molecule has 0 saturated heterocycles. The molecule has 0 aliphatic rings.